The normalized spacial score (nSPS) is 27.9. The van der Waals surface area contributed by atoms with Crippen LogP contribution >= 0.6 is 0 Å². The van der Waals surface area contributed by atoms with Gasteiger partial charge in [0.05, 0.1) is 12.8 Å². The molecule has 1 aliphatic rings. The Hall–Kier alpha value is -1.25. The third-order valence-electron chi connectivity index (χ3n) is 4.13. The van der Waals surface area contributed by atoms with Gasteiger partial charge in [-0.3, -0.25) is 0 Å². The van der Waals surface area contributed by atoms with Crippen LogP contribution in [0.2, 0.25) is 0 Å². The molecule has 3 unspecified atom stereocenters. The van der Waals surface area contributed by atoms with E-state index in [2.05, 4.69) is 19.2 Å². The minimum Gasteiger partial charge on any atom is -0.497 e. The predicted molar refractivity (Wildman–Crippen MR) is 72.5 cm³/mol. The van der Waals surface area contributed by atoms with E-state index in [9.17, 15) is 4.39 Å². The van der Waals surface area contributed by atoms with Gasteiger partial charge in [0.15, 0.2) is 0 Å². The number of hydrogen-bond donors (Lipinski definition) is 1. The second-order valence-electron chi connectivity index (χ2n) is 5.45. The van der Waals surface area contributed by atoms with Crippen molar-refractivity contribution in [3.05, 3.63) is 24.0 Å². The SMILES string of the molecule is COc1ccc(F)c(NC2CCC(C)C(C)C2)c1. The highest BCUT2D eigenvalue weighted by Gasteiger charge is 2.24. The van der Waals surface area contributed by atoms with Gasteiger partial charge in [-0.2, -0.15) is 0 Å². The molecule has 0 heterocycles. The lowest BCUT2D eigenvalue weighted by Crippen LogP contribution is -2.30. The molecule has 0 bridgehead atoms. The average molecular weight is 251 g/mol. The zero-order chi connectivity index (χ0) is 13.1. The fourth-order valence-corrected chi connectivity index (χ4v) is 2.64. The lowest BCUT2D eigenvalue weighted by atomic mass is 9.79. The van der Waals surface area contributed by atoms with Gasteiger partial charge in [-0.1, -0.05) is 13.8 Å². The summed E-state index contributed by atoms with van der Waals surface area (Å²) in [6.07, 6.45) is 3.43. The Kier molecular flexibility index (Phi) is 4.10. The molecule has 3 heteroatoms. The van der Waals surface area contributed by atoms with Gasteiger partial charge in [0.1, 0.15) is 11.6 Å². The van der Waals surface area contributed by atoms with Crippen molar-refractivity contribution >= 4 is 5.69 Å². The number of methoxy groups -OCH3 is 1. The maximum atomic E-state index is 13.7. The summed E-state index contributed by atoms with van der Waals surface area (Å²) in [6.45, 7) is 4.58. The second kappa shape index (κ2) is 5.59. The van der Waals surface area contributed by atoms with Crippen molar-refractivity contribution in [2.75, 3.05) is 12.4 Å². The van der Waals surface area contributed by atoms with E-state index >= 15 is 0 Å². The first-order valence-corrected chi connectivity index (χ1v) is 6.70. The van der Waals surface area contributed by atoms with Crippen molar-refractivity contribution in [3.8, 4) is 5.75 Å². The molecule has 0 saturated heterocycles. The molecule has 0 amide bonds. The van der Waals surface area contributed by atoms with Crippen molar-refractivity contribution in [1.29, 1.82) is 0 Å². The molecule has 0 aromatic heterocycles. The zero-order valence-corrected chi connectivity index (χ0v) is 11.4. The van der Waals surface area contributed by atoms with Crippen LogP contribution in [0.5, 0.6) is 5.75 Å². The molecule has 1 aromatic rings. The van der Waals surface area contributed by atoms with E-state index in [-0.39, 0.29) is 5.82 Å². The molecule has 100 valence electrons. The van der Waals surface area contributed by atoms with E-state index < -0.39 is 0 Å². The number of nitrogens with one attached hydrogen (secondary N) is 1. The summed E-state index contributed by atoms with van der Waals surface area (Å²) >= 11 is 0. The van der Waals surface area contributed by atoms with Crippen LogP contribution in [0, 0.1) is 17.7 Å². The number of rotatable bonds is 3. The first-order valence-electron chi connectivity index (χ1n) is 6.70. The van der Waals surface area contributed by atoms with Crippen LogP contribution in [0.1, 0.15) is 33.1 Å². The Bertz CT molecular complexity index is 407. The number of anilines is 1. The maximum absolute atomic E-state index is 13.7. The molecular formula is C15H22FNO. The molecule has 1 saturated carbocycles. The molecule has 1 aromatic carbocycles. The first-order chi connectivity index (χ1) is 8.60. The molecular weight excluding hydrogens is 229 g/mol. The Morgan fingerprint density at radius 3 is 2.67 bits per heavy atom. The lowest BCUT2D eigenvalue weighted by Gasteiger charge is -2.33. The predicted octanol–water partition coefficient (Wildman–Crippen LogP) is 4.07. The minimum atomic E-state index is -0.206. The Balaban J connectivity index is 2.05. The molecule has 2 rings (SSSR count). The van der Waals surface area contributed by atoms with Crippen LogP contribution in [0.15, 0.2) is 18.2 Å². The van der Waals surface area contributed by atoms with Crippen LogP contribution in [0.4, 0.5) is 10.1 Å². The molecule has 3 atom stereocenters. The van der Waals surface area contributed by atoms with Crippen LogP contribution < -0.4 is 10.1 Å². The van der Waals surface area contributed by atoms with Gasteiger partial charge >= 0.3 is 0 Å². The largest absolute Gasteiger partial charge is 0.497 e. The van der Waals surface area contributed by atoms with E-state index in [4.69, 9.17) is 4.74 Å². The van der Waals surface area contributed by atoms with Gasteiger partial charge in [0.2, 0.25) is 0 Å². The maximum Gasteiger partial charge on any atom is 0.146 e. The fraction of sp³-hybridized carbons (Fsp3) is 0.600. The smallest absolute Gasteiger partial charge is 0.146 e. The quantitative estimate of drug-likeness (QED) is 0.874. The summed E-state index contributed by atoms with van der Waals surface area (Å²) in [5, 5.41) is 3.32. The van der Waals surface area contributed by atoms with Gasteiger partial charge < -0.3 is 10.1 Å². The van der Waals surface area contributed by atoms with Crippen molar-refractivity contribution in [1.82, 2.24) is 0 Å². The number of hydrogen-bond acceptors (Lipinski definition) is 2. The summed E-state index contributed by atoms with van der Waals surface area (Å²) < 4.78 is 18.8. The first kappa shape index (κ1) is 13.2. The third kappa shape index (κ3) is 2.95. The summed E-state index contributed by atoms with van der Waals surface area (Å²) in [7, 11) is 1.60. The van der Waals surface area contributed by atoms with Gasteiger partial charge in [-0.15, -0.1) is 0 Å². The van der Waals surface area contributed by atoms with E-state index in [1.807, 2.05) is 0 Å². The monoisotopic (exact) mass is 251 g/mol. The van der Waals surface area contributed by atoms with Crippen LogP contribution in [-0.4, -0.2) is 13.2 Å². The second-order valence-corrected chi connectivity index (χ2v) is 5.45. The van der Waals surface area contributed by atoms with Gasteiger partial charge in [0.25, 0.3) is 0 Å². The number of ether oxygens (including phenoxy) is 1. The zero-order valence-electron chi connectivity index (χ0n) is 11.4. The highest BCUT2D eigenvalue weighted by Crippen LogP contribution is 2.32. The van der Waals surface area contributed by atoms with Crippen molar-refractivity contribution in [2.24, 2.45) is 11.8 Å². The fourth-order valence-electron chi connectivity index (χ4n) is 2.64. The van der Waals surface area contributed by atoms with Gasteiger partial charge in [-0.05, 0) is 43.2 Å². The number of halogens is 1. The standard InChI is InChI=1S/C15H22FNO/c1-10-4-5-12(8-11(10)2)17-15-9-13(18-3)6-7-14(15)16/h6-7,9-12,17H,4-5,8H2,1-3H3. The summed E-state index contributed by atoms with van der Waals surface area (Å²) in [5.74, 6) is 1.96. The van der Waals surface area contributed by atoms with Crippen LogP contribution in [-0.2, 0) is 0 Å². The van der Waals surface area contributed by atoms with Crippen LogP contribution in [0.3, 0.4) is 0 Å². The highest BCUT2D eigenvalue weighted by atomic mass is 19.1. The topological polar surface area (TPSA) is 21.3 Å². The highest BCUT2D eigenvalue weighted by molar-refractivity contribution is 5.50. The van der Waals surface area contributed by atoms with E-state index in [0.29, 0.717) is 23.4 Å². The van der Waals surface area contributed by atoms with Crippen LogP contribution in [0.25, 0.3) is 0 Å². The Labute approximate surface area is 109 Å². The van der Waals surface area contributed by atoms with Crippen molar-refractivity contribution in [3.63, 3.8) is 0 Å². The molecule has 0 spiro atoms. The molecule has 2 nitrogen and oxygen atoms in total. The van der Waals surface area contributed by atoms with E-state index in [1.54, 1.807) is 19.2 Å². The van der Waals surface area contributed by atoms with Gasteiger partial charge in [0, 0.05) is 12.1 Å². The summed E-state index contributed by atoms with van der Waals surface area (Å²) in [6, 6.07) is 5.21. The lowest BCUT2D eigenvalue weighted by molar-refractivity contribution is 0.260. The summed E-state index contributed by atoms with van der Waals surface area (Å²) in [5.41, 5.74) is 0.557. The van der Waals surface area contributed by atoms with Gasteiger partial charge in [-0.25, -0.2) is 4.39 Å². The Morgan fingerprint density at radius 2 is 2.00 bits per heavy atom. The van der Waals surface area contributed by atoms with Crippen molar-refractivity contribution in [2.45, 2.75) is 39.2 Å². The average Bonchev–Trinajstić information content (AvgIpc) is 2.36. The molecule has 1 fully saturated rings. The minimum absolute atomic E-state index is 0.206. The van der Waals surface area contributed by atoms with Crippen molar-refractivity contribution < 1.29 is 9.13 Å². The summed E-state index contributed by atoms with van der Waals surface area (Å²) in [4.78, 5) is 0. The molecule has 1 N–H and O–H groups in total. The van der Waals surface area contributed by atoms with E-state index in [0.717, 1.165) is 18.8 Å². The molecule has 0 radical (unpaired) electrons. The molecule has 0 aliphatic heterocycles. The third-order valence-corrected chi connectivity index (χ3v) is 4.13. The molecule has 1 aliphatic carbocycles. The molecule has 18 heavy (non-hydrogen) atoms. The van der Waals surface area contributed by atoms with E-state index in [1.165, 1.54) is 12.5 Å². The number of benzene rings is 1. The Morgan fingerprint density at radius 1 is 1.22 bits per heavy atom.